The number of furan rings is 1. The van der Waals surface area contributed by atoms with E-state index in [-0.39, 0.29) is 16.6 Å². The molecule has 0 radical (unpaired) electrons. The molecule has 0 unspecified atom stereocenters. The molecule has 8 rings (SSSR count). The first-order valence-corrected chi connectivity index (χ1v) is 17.3. The van der Waals surface area contributed by atoms with Crippen molar-refractivity contribution >= 4 is 50.0 Å². The molecule has 6 nitrogen and oxygen atoms in total. The van der Waals surface area contributed by atoms with Crippen LogP contribution in [0.25, 0.3) is 55.5 Å². The van der Waals surface area contributed by atoms with Gasteiger partial charge in [-0.2, -0.15) is 0 Å². The summed E-state index contributed by atoms with van der Waals surface area (Å²) in [7, 11) is 0. The standard InChI is InChI=1S/C45H40N4O2/c1-44(2,3)30-26-34(41(50)35(27-30)45(4,5)6)43-47-39(42-40(48-43)33-20-9-10-22-37(33)51-42)29-17-13-18-31(25-29)49(38-23-11-12-24-46-38)36-21-14-16-28-15-7-8-19-32(28)36/h7-27,50H,1-6H3. The number of benzene rings is 5. The Bertz CT molecular complexity index is 2570. The zero-order valence-electron chi connectivity index (χ0n) is 29.8. The minimum Gasteiger partial charge on any atom is -0.507 e. The van der Waals surface area contributed by atoms with Crippen LogP contribution in [0.5, 0.6) is 5.75 Å². The molecule has 0 aliphatic heterocycles. The summed E-state index contributed by atoms with van der Waals surface area (Å²) in [6.45, 7) is 12.9. The molecule has 5 aromatic carbocycles. The summed E-state index contributed by atoms with van der Waals surface area (Å²) in [5.74, 6) is 1.43. The Kier molecular flexibility index (Phi) is 7.64. The zero-order chi connectivity index (χ0) is 35.5. The lowest BCUT2D eigenvalue weighted by Crippen LogP contribution is -2.17. The van der Waals surface area contributed by atoms with Crippen LogP contribution < -0.4 is 4.90 Å². The predicted molar refractivity (Wildman–Crippen MR) is 209 cm³/mol. The van der Waals surface area contributed by atoms with Gasteiger partial charge in [0.2, 0.25) is 0 Å². The largest absolute Gasteiger partial charge is 0.507 e. The van der Waals surface area contributed by atoms with E-state index < -0.39 is 0 Å². The van der Waals surface area contributed by atoms with E-state index in [9.17, 15) is 5.11 Å². The Morgan fingerprint density at radius 1 is 0.667 bits per heavy atom. The summed E-state index contributed by atoms with van der Waals surface area (Å²) in [5.41, 5.74) is 7.53. The second kappa shape index (κ2) is 12.1. The number of hydrogen-bond acceptors (Lipinski definition) is 6. The molecule has 6 heteroatoms. The van der Waals surface area contributed by atoms with E-state index in [1.165, 1.54) is 0 Å². The van der Waals surface area contributed by atoms with Crippen molar-refractivity contribution < 1.29 is 9.52 Å². The highest BCUT2D eigenvalue weighted by Crippen LogP contribution is 2.44. The molecule has 0 amide bonds. The molecule has 3 aromatic heterocycles. The van der Waals surface area contributed by atoms with Crippen molar-refractivity contribution in [2.75, 3.05) is 4.90 Å². The van der Waals surface area contributed by atoms with Gasteiger partial charge in [0.25, 0.3) is 0 Å². The molecule has 3 heterocycles. The van der Waals surface area contributed by atoms with Crippen molar-refractivity contribution in [1.29, 1.82) is 0 Å². The van der Waals surface area contributed by atoms with E-state index in [0.29, 0.717) is 28.2 Å². The second-order valence-electron chi connectivity index (χ2n) is 15.2. The van der Waals surface area contributed by atoms with Crippen molar-refractivity contribution in [2.24, 2.45) is 0 Å². The Hall–Kier alpha value is -6.01. The summed E-state index contributed by atoms with van der Waals surface area (Å²) in [6, 6.07) is 41.1. The van der Waals surface area contributed by atoms with Gasteiger partial charge in [-0.15, -0.1) is 0 Å². The van der Waals surface area contributed by atoms with Gasteiger partial charge in [0.15, 0.2) is 11.4 Å². The first-order chi connectivity index (χ1) is 24.5. The van der Waals surface area contributed by atoms with Gasteiger partial charge in [0.05, 0.1) is 11.3 Å². The van der Waals surface area contributed by atoms with Gasteiger partial charge in [0.1, 0.15) is 28.4 Å². The van der Waals surface area contributed by atoms with Gasteiger partial charge in [-0.25, -0.2) is 15.0 Å². The van der Waals surface area contributed by atoms with E-state index in [4.69, 9.17) is 19.4 Å². The molecule has 0 atom stereocenters. The number of phenolic OH excluding ortho intramolecular Hbond substituents is 1. The molecule has 0 spiro atoms. The van der Waals surface area contributed by atoms with Crippen LogP contribution in [-0.2, 0) is 10.8 Å². The van der Waals surface area contributed by atoms with Crippen molar-refractivity contribution in [1.82, 2.24) is 15.0 Å². The average Bonchev–Trinajstić information content (AvgIpc) is 3.50. The molecule has 51 heavy (non-hydrogen) atoms. The Morgan fingerprint density at radius 3 is 2.16 bits per heavy atom. The molecular weight excluding hydrogens is 629 g/mol. The fourth-order valence-corrected chi connectivity index (χ4v) is 6.79. The molecule has 0 saturated carbocycles. The third kappa shape index (κ3) is 5.77. The summed E-state index contributed by atoms with van der Waals surface area (Å²) in [4.78, 5) is 17.3. The van der Waals surface area contributed by atoms with Gasteiger partial charge < -0.3 is 9.52 Å². The third-order valence-corrected chi connectivity index (χ3v) is 9.51. The Balaban J connectivity index is 1.39. The predicted octanol–water partition coefficient (Wildman–Crippen LogP) is 12.0. The maximum Gasteiger partial charge on any atom is 0.180 e. The topological polar surface area (TPSA) is 75.3 Å². The van der Waals surface area contributed by atoms with Crippen molar-refractivity contribution in [3.05, 3.63) is 139 Å². The molecule has 0 aliphatic rings. The monoisotopic (exact) mass is 668 g/mol. The third-order valence-electron chi connectivity index (χ3n) is 9.51. The van der Waals surface area contributed by atoms with Crippen LogP contribution in [0, 0.1) is 0 Å². The Morgan fingerprint density at radius 2 is 1.39 bits per heavy atom. The molecule has 1 N–H and O–H groups in total. The van der Waals surface area contributed by atoms with Gasteiger partial charge in [0, 0.05) is 33.8 Å². The average molecular weight is 669 g/mol. The lowest BCUT2D eigenvalue weighted by molar-refractivity contribution is 0.446. The van der Waals surface area contributed by atoms with E-state index in [1.54, 1.807) is 0 Å². The number of aromatic hydroxyl groups is 1. The molecular formula is C45H40N4O2. The lowest BCUT2D eigenvalue weighted by atomic mass is 9.79. The number of aromatic nitrogens is 3. The number of para-hydroxylation sites is 1. The quantitative estimate of drug-likeness (QED) is 0.197. The first-order valence-electron chi connectivity index (χ1n) is 17.3. The van der Waals surface area contributed by atoms with Gasteiger partial charge in [-0.1, -0.05) is 114 Å². The molecule has 0 fully saturated rings. The van der Waals surface area contributed by atoms with Crippen molar-refractivity contribution in [3.63, 3.8) is 0 Å². The van der Waals surface area contributed by atoms with Gasteiger partial charge >= 0.3 is 0 Å². The van der Waals surface area contributed by atoms with E-state index in [1.807, 2.05) is 66.9 Å². The van der Waals surface area contributed by atoms with E-state index >= 15 is 0 Å². The molecule has 0 bridgehead atoms. The summed E-state index contributed by atoms with van der Waals surface area (Å²) in [6.07, 6.45) is 1.82. The SMILES string of the molecule is CC(C)(C)c1cc(-c2nc(-c3cccc(N(c4ccccn4)c4cccc5ccccc45)c3)c3oc4ccccc4c3n2)c(O)c(C(C)(C)C)c1. The fourth-order valence-electron chi connectivity index (χ4n) is 6.79. The van der Waals surface area contributed by atoms with Crippen LogP contribution in [-0.4, -0.2) is 20.1 Å². The van der Waals surface area contributed by atoms with Crippen LogP contribution in [0.1, 0.15) is 52.7 Å². The zero-order valence-corrected chi connectivity index (χ0v) is 29.8. The number of pyridine rings is 1. The second-order valence-corrected chi connectivity index (χ2v) is 15.2. The summed E-state index contributed by atoms with van der Waals surface area (Å²) < 4.78 is 6.53. The van der Waals surface area contributed by atoms with E-state index in [0.717, 1.165) is 55.6 Å². The first kappa shape index (κ1) is 32.2. The maximum atomic E-state index is 11.9. The minimum atomic E-state index is -0.305. The fraction of sp³-hybridized carbons (Fsp3) is 0.178. The lowest BCUT2D eigenvalue weighted by Gasteiger charge is -2.27. The van der Waals surface area contributed by atoms with Crippen molar-refractivity contribution in [2.45, 2.75) is 52.4 Å². The maximum absolute atomic E-state index is 11.9. The normalized spacial score (nSPS) is 12.2. The highest BCUT2D eigenvalue weighted by Gasteiger charge is 2.28. The van der Waals surface area contributed by atoms with Crippen LogP contribution in [0.4, 0.5) is 17.2 Å². The number of phenols is 1. The minimum absolute atomic E-state index is 0.164. The van der Waals surface area contributed by atoms with Gasteiger partial charge in [-0.05, 0) is 70.3 Å². The smallest absolute Gasteiger partial charge is 0.180 e. The van der Waals surface area contributed by atoms with Crippen LogP contribution in [0.2, 0.25) is 0 Å². The van der Waals surface area contributed by atoms with Crippen LogP contribution in [0.15, 0.2) is 132 Å². The van der Waals surface area contributed by atoms with Crippen LogP contribution in [0.3, 0.4) is 0 Å². The number of rotatable bonds is 5. The summed E-state index contributed by atoms with van der Waals surface area (Å²) >= 11 is 0. The number of fused-ring (bicyclic) bond motifs is 4. The van der Waals surface area contributed by atoms with Crippen LogP contribution >= 0.6 is 0 Å². The number of hydrogen-bond donors (Lipinski definition) is 1. The Labute approximate surface area is 298 Å². The number of nitrogens with zero attached hydrogens (tertiary/aromatic N) is 4. The van der Waals surface area contributed by atoms with Crippen molar-refractivity contribution in [3.8, 4) is 28.4 Å². The van der Waals surface area contributed by atoms with E-state index in [2.05, 4.69) is 107 Å². The summed E-state index contributed by atoms with van der Waals surface area (Å²) in [5, 5.41) is 15.1. The molecule has 252 valence electrons. The molecule has 0 aliphatic carbocycles. The molecule has 8 aromatic rings. The van der Waals surface area contributed by atoms with Gasteiger partial charge in [-0.3, -0.25) is 4.90 Å². The molecule has 0 saturated heterocycles. The highest BCUT2D eigenvalue weighted by molar-refractivity contribution is 6.07. The number of anilines is 3. The highest BCUT2D eigenvalue weighted by atomic mass is 16.3.